The largest absolute Gasteiger partial charge is 0.480 e. The van der Waals surface area contributed by atoms with Crippen molar-refractivity contribution in [1.29, 1.82) is 0 Å². The summed E-state index contributed by atoms with van der Waals surface area (Å²) in [5.41, 5.74) is 2.57. The number of hydrogen-bond acceptors (Lipinski definition) is 7. The van der Waals surface area contributed by atoms with Crippen LogP contribution in [0, 0.1) is 0 Å². The van der Waals surface area contributed by atoms with Crippen LogP contribution in [0.25, 0.3) is 16.6 Å². The van der Waals surface area contributed by atoms with E-state index < -0.39 is 12.0 Å². The van der Waals surface area contributed by atoms with Crippen LogP contribution in [0.1, 0.15) is 31.9 Å². The zero-order valence-corrected chi connectivity index (χ0v) is 20.5. The van der Waals surface area contributed by atoms with Gasteiger partial charge in [-0.3, -0.25) is 9.69 Å². The number of aliphatic carboxylic acids is 1. The van der Waals surface area contributed by atoms with E-state index in [0.717, 1.165) is 33.7 Å². The number of carbonyl (C=O) groups is 1. The van der Waals surface area contributed by atoms with Gasteiger partial charge in [-0.25, -0.2) is 9.97 Å². The standard InChI is InChI=1S/C25H28ClN7O2/c1-3-20(25(34)35)31-11-13-32(14-12-31)24-18(15-17-5-4-6-19(26)23(17)30-24)16(2)29-22-7-9-27-21-8-10-28-33(21)22/h4-10,15-16,20,29H,3,11-14H2,1-2H3,(H,34,35)/t16-,20?/m0/s1. The number of nitrogens with zero attached hydrogens (tertiary/aromatic N) is 6. The fourth-order valence-corrected chi connectivity index (χ4v) is 5.04. The number of nitrogens with one attached hydrogen (secondary N) is 1. The predicted octanol–water partition coefficient (Wildman–Crippen LogP) is 4.09. The molecule has 5 rings (SSSR count). The van der Waals surface area contributed by atoms with E-state index in [4.69, 9.17) is 16.6 Å². The highest BCUT2D eigenvalue weighted by atomic mass is 35.5. The van der Waals surface area contributed by atoms with Crippen LogP contribution in [-0.4, -0.2) is 67.8 Å². The Morgan fingerprint density at radius 2 is 1.97 bits per heavy atom. The molecular weight excluding hydrogens is 466 g/mol. The monoisotopic (exact) mass is 493 g/mol. The molecular formula is C25H28ClN7O2. The highest BCUT2D eigenvalue weighted by molar-refractivity contribution is 6.35. The molecule has 10 heteroatoms. The molecule has 0 aliphatic carbocycles. The van der Waals surface area contributed by atoms with Crippen molar-refractivity contribution < 1.29 is 9.90 Å². The molecule has 3 aromatic heterocycles. The number of carboxylic acids is 1. The second-order valence-corrected chi connectivity index (χ2v) is 9.20. The number of anilines is 2. The Bertz CT molecular complexity index is 1370. The number of aromatic nitrogens is 4. The average Bonchev–Trinajstić information content (AvgIpc) is 3.34. The molecule has 1 aromatic carbocycles. The minimum absolute atomic E-state index is 0.0869. The third-order valence-corrected chi connectivity index (χ3v) is 6.96. The zero-order chi connectivity index (χ0) is 24.5. The molecule has 1 aliphatic heterocycles. The topological polar surface area (TPSA) is 98.9 Å². The van der Waals surface area contributed by atoms with Gasteiger partial charge in [-0.1, -0.05) is 30.7 Å². The van der Waals surface area contributed by atoms with Crippen molar-refractivity contribution in [1.82, 2.24) is 24.5 Å². The summed E-state index contributed by atoms with van der Waals surface area (Å²) in [5.74, 6) is 0.929. The lowest BCUT2D eigenvalue weighted by atomic mass is 10.0. The Morgan fingerprint density at radius 3 is 2.71 bits per heavy atom. The summed E-state index contributed by atoms with van der Waals surface area (Å²) in [6, 6.07) is 11.2. The van der Waals surface area contributed by atoms with Crippen molar-refractivity contribution in [2.24, 2.45) is 0 Å². The lowest BCUT2D eigenvalue weighted by Crippen LogP contribution is -2.53. The molecule has 2 atom stereocenters. The summed E-state index contributed by atoms with van der Waals surface area (Å²) in [6.45, 7) is 6.70. The van der Waals surface area contributed by atoms with Crippen molar-refractivity contribution in [3.63, 3.8) is 0 Å². The number of piperazine rings is 1. The Hall–Kier alpha value is -3.43. The maximum absolute atomic E-state index is 11.7. The summed E-state index contributed by atoms with van der Waals surface area (Å²) >= 11 is 6.51. The van der Waals surface area contributed by atoms with Gasteiger partial charge in [0.25, 0.3) is 0 Å². The van der Waals surface area contributed by atoms with Gasteiger partial charge in [0.1, 0.15) is 17.7 Å². The number of benzene rings is 1. The van der Waals surface area contributed by atoms with Gasteiger partial charge in [0.15, 0.2) is 5.65 Å². The van der Waals surface area contributed by atoms with Crippen LogP contribution in [0.5, 0.6) is 0 Å². The third kappa shape index (κ3) is 4.49. The zero-order valence-electron chi connectivity index (χ0n) is 19.7. The van der Waals surface area contributed by atoms with Crippen LogP contribution in [0.4, 0.5) is 11.6 Å². The van der Waals surface area contributed by atoms with Crippen LogP contribution < -0.4 is 10.2 Å². The summed E-state index contributed by atoms with van der Waals surface area (Å²) in [6.07, 6.45) is 4.07. The molecule has 2 N–H and O–H groups in total. The lowest BCUT2D eigenvalue weighted by molar-refractivity contribution is -0.143. The maximum Gasteiger partial charge on any atom is 0.320 e. The molecule has 1 saturated heterocycles. The minimum atomic E-state index is -0.766. The van der Waals surface area contributed by atoms with Gasteiger partial charge in [-0.15, -0.1) is 0 Å². The summed E-state index contributed by atoms with van der Waals surface area (Å²) in [4.78, 5) is 25.3. The molecule has 4 aromatic rings. The molecule has 0 spiro atoms. The first-order valence-corrected chi connectivity index (χ1v) is 12.2. The first-order chi connectivity index (χ1) is 17.0. The highest BCUT2D eigenvalue weighted by Gasteiger charge is 2.29. The first kappa shape index (κ1) is 23.3. The van der Waals surface area contributed by atoms with Gasteiger partial charge in [0, 0.05) is 49.4 Å². The fourth-order valence-electron chi connectivity index (χ4n) is 4.82. The van der Waals surface area contributed by atoms with Gasteiger partial charge in [0.2, 0.25) is 0 Å². The molecule has 4 heterocycles. The number of pyridine rings is 1. The fraction of sp³-hybridized carbons (Fsp3) is 0.360. The van der Waals surface area contributed by atoms with Crippen LogP contribution in [-0.2, 0) is 4.79 Å². The smallest absolute Gasteiger partial charge is 0.320 e. The van der Waals surface area contributed by atoms with Crippen LogP contribution in [0.2, 0.25) is 5.02 Å². The Morgan fingerprint density at radius 1 is 1.17 bits per heavy atom. The van der Waals surface area contributed by atoms with E-state index in [-0.39, 0.29) is 6.04 Å². The molecule has 182 valence electrons. The maximum atomic E-state index is 11.7. The Kier molecular flexibility index (Phi) is 6.44. The number of rotatable bonds is 7. The quantitative estimate of drug-likeness (QED) is 0.397. The molecule has 9 nitrogen and oxygen atoms in total. The summed E-state index contributed by atoms with van der Waals surface area (Å²) in [7, 11) is 0. The van der Waals surface area contributed by atoms with E-state index in [1.165, 1.54) is 0 Å². The van der Waals surface area contributed by atoms with E-state index in [2.05, 4.69) is 33.3 Å². The van der Waals surface area contributed by atoms with Crippen LogP contribution >= 0.6 is 11.6 Å². The van der Waals surface area contributed by atoms with Crippen molar-refractivity contribution in [3.05, 3.63) is 59.4 Å². The minimum Gasteiger partial charge on any atom is -0.480 e. The number of para-hydroxylation sites is 1. The summed E-state index contributed by atoms with van der Waals surface area (Å²) in [5, 5.41) is 19.1. The molecule has 0 radical (unpaired) electrons. The van der Waals surface area contributed by atoms with Crippen LogP contribution in [0.15, 0.2) is 48.8 Å². The van der Waals surface area contributed by atoms with E-state index in [1.54, 1.807) is 16.9 Å². The Labute approximate surface area is 208 Å². The SMILES string of the molecule is CCC(C(=O)O)N1CCN(c2nc3c(Cl)cccc3cc2[C@H](C)Nc2ccnc3ccnn23)CC1. The molecule has 0 bridgehead atoms. The van der Waals surface area contributed by atoms with Gasteiger partial charge < -0.3 is 15.3 Å². The van der Waals surface area contributed by atoms with Crippen molar-refractivity contribution in [3.8, 4) is 0 Å². The van der Waals surface area contributed by atoms with Gasteiger partial charge in [0.05, 0.1) is 22.8 Å². The van der Waals surface area contributed by atoms with Gasteiger partial charge in [-0.2, -0.15) is 9.61 Å². The molecule has 1 fully saturated rings. The second-order valence-electron chi connectivity index (χ2n) is 8.80. The molecule has 0 amide bonds. The van der Waals surface area contributed by atoms with E-state index in [1.807, 2.05) is 42.2 Å². The van der Waals surface area contributed by atoms with Crippen LogP contribution in [0.3, 0.4) is 0 Å². The van der Waals surface area contributed by atoms with E-state index >= 15 is 0 Å². The lowest BCUT2D eigenvalue weighted by Gasteiger charge is -2.39. The second kappa shape index (κ2) is 9.67. The highest BCUT2D eigenvalue weighted by Crippen LogP contribution is 2.33. The number of hydrogen-bond donors (Lipinski definition) is 2. The number of halogens is 1. The molecule has 1 unspecified atom stereocenters. The van der Waals surface area contributed by atoms with Gasteiger partial charge >= 0.3 is 5.97 Å². The van der Waals surface area contributed by atoms with E-state index in [9.17, 15) is 9.90 Å². The molecule has 35 heavy (non-hydrogen) atoms. The van der Waals surface area contributed by atoms with Gasteiger partial charge in [-0.05, 0) is 31.5 Å². The third-order valence-electron chi connectivity index (χ3n) is 6.65. The normalized spacial score (nSPS) is 16.5. The molecule has 1 aliphatic rings. The first-order valence-electron chi connectivity index (χ1n) is 11.8. The summed E-state index contributed by atoms with van der Waals surface area (Å²) < 4.78 is 1.77. The average molecular weight is 494 g/mol. The predicted molar refractivity (Wildman–Crippen MR) is 137 cm³/mol. The molecule has 0 saturated carbocycles. The van der Waals surface area contributed by atoms with Crippen molar-refractivity contribution in [2.75, 3.05) is 36.4 Å². The van der Waals surface area contributed by atoms with Crippen molar-refractivity contribution in [2.45, 2.75) is 32.4 Å². The Balaban J connectivity index is 1.49. The number of fused-ring (bicyclic) bond motifs is 2. The van der Waals surface area contributed by atoms with Crippen molar-refractivity contribution >= 4 is 45.8 Å². The number of carboxylic acid groups (broad SMARTS) is 1. The van der Waals surface area contributed by atoms with E-state index in [0.29, 0.717) is 37.6 Å².